The van der Waals surface area contributed by atoms with Crippen molar-refractivity contribution in [2.75, 3.05) is 0 Å². The van der Waals surface area contributed by atoms with Gasteiger partial charge in [-0.25, -0.2) is 9.97 Å². The standard InChI is InChI=1S/C43H30N4/c1-43(2)35-17-9-6-14-30(35)31-21-20-29(25-36(31)43)46-23-22-28-24-34-32-15-8-11-19-38(32)47(40(34)26-39(28)46)42-44-37-18-10-7-16-33(37)41(45-42)27-12-4-3-5-13-27/h3-26H,1-2H3. The van der Waals surface area contributed by atoms with Crippen LogP contribution in [0.15, 0.2) is 146 Å². The minimum Gasteiger partial charge on any atom is -0.316 e. The maximum atomic E-state index is 5.28. The Labute approximate surface area is 272 Å². The van der Waals surface area contributed by atoms with Crippen LogP contribution < -0.4 is 0 Å². The van der Waals surface area contributed by atoms with E-state index < -0.39 is 0 Å². The number of para-hydroxylation sites is 2. The maximum Gasteiger partial charge on any atom is 0.235 e. The highest BCUT2D eigenvalue weighted by Crippen LogP contribution is 2.49. The van der Waals surface area contributed by atoms with Gasteiger partial charge in [-0.2, -0.15) is 0 Å². The Morgan fingerprint density at radius 1 is 0.532 bits per heavy atom. The van der Waals surface area contributed by atoms with E-state index in [1.54, 1.807) is 0 Å². The minimum absolute atomic E-state index is 0.0610. The first-order chi connectivity index (χ1) is 23.1. The summed E-state index contributed by atoms with van der Waals surface area (Å²) >= 11 is 0. The average Bonchev–Trinajstić information content (AvgIpc) is 3.75. The van der Waals surface area contributed by atoms with Crippen molar-refractivity contribution >= 4 is 43.6 Å². The molecule has 0 radical (unpaired) electrons. The van der Waals surface area contributed by atoms with E-state index in [1.165, 1.54) is 38.4 Å². The van der Waals surface area contributed by atoms with Crippen LogP contribution in [0, 0.1) is 0 Å². The summed E-state index contributed by atoms with van der Waals surface area (Å²) in [6.07, 6.45) is 2.20. The number of fused-ring (bicyclic) bond motifs is 8. The van der Waals surface area contributed by atoms with E-state index in [9.17, 15) is 0 Å². The van der Waals surface area contributed by atoms with Crippen LogP contribution in [-0.4, -0.2) is 19.1 Å². The van der Waals surface area contributed by atoms with Gasteiger partial charge in [0.15, 0.2) is 0 Å². The quantitative estimate of drug-likeness (QED) is 0.202. The van der Waals surface area contributed by atoms with Crippen LogP contribution in [0.1, 0.15) is 25.0 Å². The van der Waals surface area contributed by atoms with Gasteiger partial charge in [0.2, 0.25) is 5.95 Å². The fourth-order valence-electron chi connectivity index (χ4n) is 7.86. The minimum atomic E-state index is -0.0610. The monoisotopic (exact) mass is 602 g/mol. The maximum absolute atomic E-state index is 5.28. The second-order valence-electron chi connectivity index (χ2n) is 13.1. The van der Waals surface area contributed by atoms with E-state index >= 15 is 0 Å². The van der Waals surface area contributed by atoms with Crippen molar-refractivity contribution in [2.45, 2.75) is 19.3 Å². The van der Waals surface area contributed by atoms with Gasteiger partial charge < -0.3 is 4.57 Å². The van der Waals surface area contributed by atoms with Gasteiger partial charge in [0, 0.05) is 44.4 Å². The summed E-state index contributed by atoms with van der Waals surface area (Å²) in [5.74, 6) is 0.670. The molecule has 10 rings (SSSR count). The lowest BCUT2D eigenvalue weighted by atomic mass is 9.82. The highest BCUT2D eigenvalue weighted by atomic mass is 15.2. The zero-order chi connectivity index (χ0) is 31.3. The summed E-state index contributed by atoms with van der Waals surface area (Å²) in [7, 11) is 0. The van der Waals surface area contributed by atoms with E-state index in [0.29, 0.717) is 5.95 Å². The molecule has 6 aromatic carbocycles. The van der Waals surface area contributed by atoms with E-state index in [1.807, 2.05) is 12.1 Å². The Balaban J connectivity index is 1.22. The summed E-state index contributed by atoms with van der Waals surface area (Å²) in [6, 6.07) is 49.9. The third-order valence-electron chi connectivity index (χ3n) is 10.2. The topological polar surface area (TPSA) is 35.6 Å². The van der Waals surface area contributed by atoms with E-state index in [0.717, 1.165) is 44.4 Å². The molecule has 3 aromatic heterocycles. The van der Waals surface area contributed by atoms with Crippen molar-refractivity contribution in [3.05, 3.63) is 157 Å². The fourth-order valence-corrected chi connectivity index (χ4v) is 7.86. The van der Waals surface area contributed by atoms with Gasteiger partial charge in [-0.15, -0.1) is 0 Å². The highest BCUT2D eigenvalue weighted by Gasteiger charge is 2.35. The van der Waals surface area contributed by atoms with Crippen molar-refractivity contribution in [1.82, 2.24) is 19.1 Å². The molecule has 47 heavy (non-hydrogen) atoms. The van der Waals surface area contributed by atoms with Gasteiger partial charge in [0.1, 0.15) is 0 Å². The van der Waals surface area contributed by atoms with Crippen LogP contribution in [0.25, 0.3) is 77.6 Å². The molecular weight excluding hydrogens is 573 g/mol. The first kappa shape index (κ1) is 26.2. The number of benzene rings is 6. The first-order valence-electron chi connectivity index (χ1n) is 16.2. The van der Waals surface area contributed by atoms with Gasteiger partial charge >= 0.3 is 0 Å². The van der Waals surface area contributed by atoms with Crippen LogP contribution in [-0.2, 0) is 5.41 Å². The Hall–Kier alpha value is -6.00. The number of nitrogens with zero attached hydrogens (tertiary/aromatic N) is 4. The molecule has 1 aliphatic rings. The van der Waals surface area contributed by atoms with Gasteiger partial charge in [0.05, 0.1) is 27.8 Å². The predicted octanol–water partition coefficient (Wildman–Crippen LogP) is 10.6. The van der Waals surface area contributed by atoms with Crippen molar-refractivity contribution < 1.29 is 0 Å². The van der Waals surface area contributed by atoms with Crippen LogP contribution >= 0.6 is 0 Å². The largest absolute Gasteiger partial charge is 0.316 e. The lowest BCUT2D eigenvalue weighted by Crippen LogP contribution is -2.15. The van der Waals surface area contributed by atoms with Gasteiger partial charge in [-0.3, -0.25) is 4.57 Å². The number of hydrogen-bond acceptors (Lipinski definition) is 2. The summed E-state index contributed by atoms with van der Waals surface area (Å²) in [5.41, 5.74) is 12.8. The van der Waals surface area contributed by atoms with Crippen molar-refractivity contribution in [2.24, 2.45) is 0 Å². The van der Waals surface area contributed by atoms with Gasteiger partial charge in [-0.05, 0) is 64.7 Å². The summed E-state index contributed by atoms with van der Waals surface area (Å²) < 4.78 is 4.57. The first-order valence-corrected chi connectivity index (χ1v) is 16.2. The zero-order valence-electron chi connectivity index (χ0n) is 26.1. The van der Waals surface area contributed by atoms with Crippen LogP contribution in [0.5, 0.6) is 0 Å². The SMILES string of the molecule is CC1(C)c2ccccc2-c2ccc(-n3ccc4cc5c6ccccc6n(-c6nc(-c7ccccc7)c7ccccc7n6)c5cc43)cc21. The molecule has 0 N–H and O–H groups in total. The molecule has 0 saturated carbocycles. The van der Waals surface area contributed by atoms with Crippen LogP contribution in [0.2, 0.25) is 0 Å². The smallest absolute Gasteiger partial charge is 0.235 e. The van der Waals surface area contributed by atoms with Crippen molar-refractivity contribution in [3.8, 4) is 34.0 Å². The fraction of sp³-hybridized carbons (Fsp3) is 0.0698. The Kier molecular flexibility index (Phi) is 5.31. The second kappa shape index (κ2) is 9.51. The zero-order valence-corrected chi connectivity index (χ0v) is 26.1. The van der Waals surface area contributed by atoms with E-state index in [-0.39, 0.29) is 5.41 Å². The van der Waals surface area contributed by atoms with Crippen molar-refractivity contribution in [1.29, 1.82) is 0 Å². The third-order valence-corrected chi connectivity index (χ3v) is 10.2. The van der Waals surface area contributed by atoms with Gasteiger partial charge in [-0.1, -0.05) is 111 Å². The van der Waals surface area contributed by atoms with Crippen LogP contribution in [0.4, 0.5) is 0 Å². The van der Waals surface area contributed by atoms with Crippen LogP contribution in [0.3, 0.4) is 0 Å². The summed E-state index contributed by atoms with van der Waals surface area (Å²) in [4.78, 5) is 10.5. The molecule has 1 aliphatic carbocycles. The molecule has 3 heterocycles. The highest BCUT2D eigenvalue weighted by molar-refractivity contribution is 6.13. The molecule has 0 aliphatic heterocycles. The summed E-state index contributed by atoms with van der Waals surface area (Å²) in [5, 5.41) is 4.62. The summed E-state index contributed by atoms with van der Waals surface area (Å²) in [6.45, 7) is 4.68. The molecule has 0 fully saturated rings. The van der Waals surface area contributed by atoms with Gasteiger partial charge in [0.25, 0.3) is 0 Å². The predicted molar refractivity (Wildman–Crippen MR) is 194 cm³/mol. The molecule has 222 valence electrons. The second-order valence-corrected chi connectivity index (χ2v) is 13.1. The molecule has 4 nitrogen and oxygen atoms in total. The molecule has 9 aromatic rings. The lowest BCUT2D eigenvalue weighted by molar-refractivity contribution is 0.660. The van der Waals surface area contributed by atoms with E-state index in [4.69, 9.17) is 9.97 Å². The average molecular weight is 603 g/mol. The van der Waals surface area contributed by atoms with Crippen molar-refractivity contribution in [3.63, 3.8) is 0 Å². The molecule has 0 spiro atoms. The molecule has 0 atom stereocenters. The van der Waals surface area contributed by atoms with E-state index in [2.05, 4.69) is 157 Å². The molecular formula is C43H30N4. The lowest BCUT2D eigenvalue weighted by Gasteiger charge is -2.22. The number of aromatic nitrogens is 4. The molecule has 4 heteroatoms. The molecule has 0 unspecified atom stereocenters. The Bertz CT molecular complexity index is 2710. The molecule has 0 bridgehead atoms. The number of hydrogen-bond donors (Lipinski definition) is 0. The molecule has 0 saturated heterocycles. The normalized spacial score (nSPS) is 13.5. The Morgan fingerprint density at radius 2 is 1.28 bits per heavy atom. The number of rotatable bonds is 3. The Morgan fingerprint density at radius 3 is 2.17 bits per heavy atom. The third kappa shape index (κ3) is 3.70. The molecule has 0 amide bonds.